The fourth-order valence-corrected chi connectivity index (χ4v) is 3.36. The van der Waals surface area contributed by atoms with Gasteiger partial charge in [-0.3, -0.25) is 4.68 Å². The van der Waals surface area contributed by atoms with Gasteiger partial charge in [-0.05, 0) is 32.6 Å². The minimum Gasteiger partial charge on any atom is -0.307 e. The van der Waals surface area contributed by atoms with E-state index >= 15 is 0 Å². The van der Waals surface area contributed by atoms with Gasteiger partial charge in [0.2, 0.25) is 0 Å². The van der Waals surface area contributed by atoms with Gasteiger partial charge in [-0.2, -0.15) is 5.10 Å². The molecule has 0 spiro atoms. The Morgan fingerprint density at radius 2 is 2.11 bits per heavy atom. The Bertz CT molecular complexity index is 607. The Kier molecular flexibility index (Phi) is 3.08. The van der Waals surface area contributed by atoms with Crippen molar-refractivity contribution in [2.45, 2.75) is 51.5 Å². The molecule has 0 atom stereocenters. The average Bonchev–Trinajstić information content (AvgIpc) is 2.85. The lowest BCUT2D eigenvalue weighted by Crippen LogP contribution is -2.39. The predicted molar refractivity (Wildman–Crippen MR) is 77.8 cm³/mol. The van der Waals surface area contributed by atoms with Crippen LogP contribution >= 0.6 is 11.6 Å². The van der Waals surface area contributed by atoms with Gasteiger partial charge in [-0.25, -0.2) is 4.98 Å². The molecule has 1 aliphatic rings. The summed E-state index contributed by atoms with van der Waals surface area (Å²) in [5, 5.41) is 4.60. The Hall–Kier alpha value is -1.03. The van der Waals surface area contributed by atoms with Crippen molar-refractivity contribution in [1.82, 2.24) is 19.3 Å². The number of imidazole rings is 1. The first-order valence-electron chi connectivity index (χ1n) is 7.10. The summed E-state index contributed by atoms with van der Waals surface area (Å²) in [4.78, 5) is 4.84. The second-order valence-electron chi connectivity index (χ2n) is 5.75. The topological polar surface area (TPSA) is 35.6 Å². The van der Waals surface area contributed by atoms with E-state index in [0.717, 1.165) is 29.9 Å². The number of alkyl halides is 1. The Balaban J connectivity index is 2.26. The number of rotatable bonds is 4. The molecule has 2 aromatic rings. The van der Waals surface area contributed by atoms with Crippen molar-refractivity contribution in [2.24, 2.45) is 7.05 Å². The standard InChI is InChI=1S/C14H21ClN4/c1-4-10-12-13(18(3)17-10)19(11(16-12)6-9-15)14(2)7-5-8-14/h4-9H2,1-3H3. The molecule has 0 radical (unpaired) electrons. The van der Waals surface area contributed by atoms with Crippen molar-refractivity contribution < 1.29 is 0 Å². The zero-order chi connectivity index (χ0) is 13.6. The van der Waals surface area contributed by atoms with Gasteiger partial charge in [0.1, 0.15) is 11.3 Å². The molecule has 4 nitrogen and oxygen atoms in total. The van der Waals surface area contributed by atoms with Gasteiger partial charge >= 0.3 is 0 Å². The molecule has 19 heavy (non-hydrogen) atoms. The molecule has 1 fully saturated rings. The van der Waals surface area contributed by atoms with Crippen molar-refractivity contribution in [3.05, 3.63) is 11.5 Å². The summed E-state index contributed by atoms with van der Waals surface area (Å²) >= 11 is 5.95. The first-order chi connectivity index (χ1) is 9.10. The van der Waals surface area contributed by atoms with Crippen molar-refractivity contribution in [3.63, 3.8) is 0 Å². The van der Waals surface area contributed by atoms with E-state index in [1.165, 1.54) is 24.9 Å². The van der Waals surface area contributed by atoms with E-state index in [0.29, 0.717) is 5.88 Å². The second-order valence-corrected chi connectivity index (χ2v) is 6.13. The van der Waals surface area contributed by atoms with Crippen LogP contribution in [0.25, 0.3) is 11.2 Å². The van der Waals surface area contributed by atoms with Crippen molar-refractivity contribution in [1.29, 1.82) is 0 Å². The third kappa shape index (κ3) is 1.80. The lowest BCUT2D eigenvalue weighted by molar-refractivity contribution is 0.168. The lowest BCUT2D eigenvalue weighted by Gasteiger charge is -2.41. The van der Waals surface area contributed by atoms with Crippen LogP contribution in [0.15, 0.2) is 0 Å². The van der Waals surface area contributed by atoms with E-state index in [2.05, 4.69) is 23.5 Å². The van der Waals surface area contributed by atoms with Crippen LogP contribution in [0.5, 0.6) is 0 Å². The summed E-state index contributed by atoms with van der Waals surface area (Å²) in [5.74, 6) is 1.74. The van der Waals surface area contributed by atoms with Gasteiger partial charge in [0, 0.05) is 24.9 Å². The summed E-state index contributed by atoms with van der Waals surface area (Å²) < 4.78 is 4.39. The summed E-state index contributed by atoms with van der Waals surface area (Å²) in [6.07, 6.45) is 5.50. The quantitative estimate of drug-likeness (QED) is 0.807. The fraction of sp³-hybridized carbons (Fsp3) is 0.714. The fourth-order valence-electron chi connectivity index (χ4n) is 3.19. The number of halogens is 1. The minimum atomic E-state index is 0.203. The summed E-state index contributed by atoms with van der Waals surface area (Å²) in [5.41, 5.74) is 3.53. The van der Waals surface area contributed by atoms with E-state index in [9.17, 15) is 0 Å². The monoisotopic (exact) mass is 280 g/mol. The molecule has 0 bridgehead atoms. The lowest BCUT2D eigenvalue weighted by atomic mass is 9.78. The van der Waals surface area contributed by atoms with Gasteiger partial charge in [0.25, 0.3) is 0 Å². The summed E-state index contributed by atoms with van der Waals surface area (Å²) in [6, 6.07) is 0. The van der Waals surface area contributed by atoms with Crippen LogP contribution in [0, 0.1) is 0 Å². The predicted octanol–water partition coefficient (Wildman–Crippen LogP) is 3.01. The third-order valence-electron chi connectivity index (χ3n) is 4.40. The van der Waals surface area contributed by atoms with Gasteiger partial charge in [-0.15, -0.1) is 11.6 Å². The molecule has 0 N–H and O–H groups in total. The number of fused-ring (bicyclic) bond motifs is 1. The number of hydrogen-bond donors (Lipinski definition) is 0. The van der Waals surface area contributed by atoms with Crippen LogP contribution in [-0.4, -0.2) is 25.2 Å². The number of aromatic nitrogens is 4. The minimum absolute atomic E-state index is 0.203. The van der Waals surface area contributed by atoms with E-state index in [4.69, 9.17) is 16.6 Å². The average molecular weight is 281 g/mol. The summed E-state index contributed by atoms with van der Waals surface area (Å²) in [7, 11) is 2.02. The highest BCUT2D eigenvalue weighted by molar-refractivity contribution is 6.17. The summed E-state index contributed by atoms with van der Waals surface area (Å²) in [6.45, 7) is 4.46. The number of aryl methyl sites for hydroxylation is 3. The molecule has 104 valence electrons. The molecule has 0 saturated heterocycles. The van der Waals surface area contributed by atoms with Crippen molar-refractivity contribution >= 4 is 22.8 Å². The Morgan fingerprint density at radius 1 is 1.37 bits per heavy atom. The van der Waals surface area contributed by atoms with Crippen molar-refractivity contribution in [3.8, 4) is 0 Å². The zero-order valence-corrected chi connectivity index (χ0v) is 12.7. The maximum Gasteiger partial charge on any atom is 0.159 e. The highest BCUT2D eigenvalue weighted by Gasteiger charge is 2.38. The van der Waals surface area contributed by atoms with Crippen LogP contribution in [0.2, 0.25) is 0 Å². The Labute approximate surface area is 118 Å². The molecule has 0 unspecified atom stereocenters. The molecule has 0 aromatic carbocycles. The molecular formula is C14H21ClN4. The van der Waals surface area contributed by atoms with Crippen LogP contribution in [0.3, 0.4) is 0 Å². The van der Waals surface area contributed by atoms with Gasteiger partial charge in [0.15, 0.2) is 5.65 Å². The van der Waals surface area contributed by atoms with E-state index < -0.39 is 0 Å². The molecular weight excluding hydrogens is 260 g/mol. The highest BCUT2D eigenvalue weighted by Crippen LogP contribution is 2.42. The van der Waals surface area contributed by atoms with E-state index in [1.54, 1.807) is 0 Å². The molecule has 5 heteroatoms. The Morgan fingerprint density at radius 3 is 2.63 bits per heavy atom. The van der Waals surface area contributed by atoms with Gasteiger partial charge < -0.3 is 4.57 Å². The normalized spacial score (nSPS) is 17.9. The van der Waals surface area contributed by atoms with Gasteiger partial charge in [-0.1, -0.05) is 6.92 Å². The SMILES string of the molecule is CCc1nn(C)c2c1nc(CCCl)n2C1(C)CCC1. The number of hydrogen-bond acceptors (Lipinski definition) is 2. The van der Waals surface area contributed by atoms with Crippen LogP contribution in [0.4, 0.5) is 0 Å². The van der Waals surface area contributed by atoms with E-state index in [1.807, 2.05) is 11.7 Å². The zero-order valence-electron chi connectivity index (χ0n) is 11.9. The molecule has 0 amide bonds. The first-order valence-corrected chi connectivity index (χ1v) is 7.64. The van der Waals surface area contributed by atoms with E-state index in [-0.39, 0.29) is 5.54 Å². The maximum absolute atomic E-state index is 5.95. The molecule has 0 aliphatic heterocycles. The highest BCUT2D eigenvalue weighted by atomic mass is 35.5. The molecule has 3 rings (SSSR count). The molecule has 1 saturated carbocycles. The van der Waals surface area contributed by atoms with Crippen LogP contribution in [0.1, 0.15) is 44.6 Å². The third-order valence-corrected chi connectivity index (χ3v) is 4.59. The number of nitrogens with zero attached hydrogens (tertiary/aromatic N) is 4. The molecule has 2 heterocycles. The van der Waals surface area contributed by atoms with Crippen LogP contribution < -0.4 is 0 Å². The maximum atomic E-state index is 5.95. The van der Waals surface area contributed by atoms with Crippen LogP contribution in [-0.2, 0) is 25.4 Å². The van der Waals surface area contributed by atoms with Crippen molar-refractivity contribution in [2.75, 3.05) is 5.88 Å². The smallest absolute Gasteiger partial charge is 0.159 e. The second kappa shape index (κ2) is 4.51. The molecule has 1 aliphatic carbocycles. The largest absolute Gasteiger partial charge is 0.307 e. The first kappa shape index (κ1) is 13.0. The molecule has 2 aromatic heterocycles. The van der Waals surface area contributed by atoms with Gasteiger partial charge in [0.05, 0.1) is 5.69 Å².